The van der Waals surface area contributed by atoms with Crippen molar-refractivity contribution in [3.63, 3.8) is 0 Å². The van der Waals surface area contributed by atoms with Crippen LogP contribution in [0.5, 0.6) is 0 Å². The summed E-state index contributed by atoms with van der Waals surface area (Å²) >= 11 is 1.27. The molecule has 3 heterocycles. The third kappa shape index (κ3) is 5.32. The van der Waals surface area contributed by atoms with Crippen LogP contribution in [0, 0.1) is 17.5 Å². The van der Waals surface area contributed by atoms with E-state index in [2.05, 4.69) is 20.6 Å². The summed E-state index contributed by atoms with van der Waals surface area (Å²) in [5.41, 5.74) is 6.38. The number of anilines is 4. The molecule has 13 heteroatoms. The summed E-state index contributed by atoms with van der Waals surface area (Å²) < 4.78 is 48.2. The number of carbonyl (C=O) groups is 1. The summed E-state index contributed by atoms with van der Waals surface area (Å²) in [7, 11) is 0. The fourth-order valence-electron chi connectivity index (χ4n) is 3.73. The van der Waals surface area contributed by atoms with Crippen molar-refractivity contribution in [3.05, 3.63) is 66.1 Å². The molecule has 2 amide bonds. The van der Waals surface area contributed by atoms with E-state index in [0.717, 1.165) is 12.1 Å². The normalized spacial score (nSPS) is 13.4. The Labute approximate surface area is 213 Å². The van der Waals surface area contributed by atoms with Crippen LogP contribution in [0.1, 0.15) is 0 Å². The topological polar surface area (TPSA) is 118 Å². The van der Waals surface area contributed by atoms with Gasteiger partial charge in [-0.25, -0.2) is 32.9 Å². The van der Waals surface area contributed by atoms with Gasteiger partial charge in [-0.3, -0.25) is 0 Å². The van der Waals surface area contributed by atoms with E-state index in [1.54, 1.807) is 18.2 Å². The molecule has 9 nitrogen and oxygen atoms in total. The summed E-state index contributed by atoms with van der Waals surface area (Å²) in [5.74, 6) is -2.43. The van der Waals surface area contributed by atoms with Crippen molar-refractivity contribution in [1.29, 1.82) is 0 Å². The molecule has 1 saturated heterocycles. The fraction of sp³-hybridized carbons (Fsp3) is 0.167. The number of carbonyl (C=O) groups excluding carboxylic acids is 1. The Hall–Kier alpha value is -4.23. The maximum absolute atomic E-state index is 15.7. The van der Waals surface area contributed by atoms with Crippen molar-refractivity contribution in [1.82, 2.24) is 15.0 Å². The van der Waals surface area contributed by atoms with E-state index in [9.17, 15) is 13.6 Å². The van der Waals surface area contributed by atoms with Crippen LogP contribution in [0.3, 0.4) is 0 Å². The number of thiazole rings is 1. The number of aromatic nitrogens is 3. The minimum atomic E-state index is -0.960. The Balaban J connectivity index is 1.49. The SMILES string of the molecule is Nc1nccc(-c2nc(N3CCOCC3)sc2-c2cccc(NC(=O)Nc3ccc(F)cc3F)c2F)n1. The van der Waals surface area contributed by atoms with Crippen LogP contribution < -0.4 is 21.3 Å². The second kappa shape index (κ2) is 10.4. The highest BCUT2D eigenvalue weighted by Crippen LogP contribution is 2.42. The number of rotatable bonds is 5. The number of nitrogens with two attached hydrogens (primary N) is 1. The van der Waals surface area contributed by atoms with E-state index >= 15 is 4.39 Å². The Morgan fingerprint density at radius 2 is 1.81 bits per heavy atom. The monoisotopic (exact) mass is 527 g/mol. The molecular weight excluding hydrogens is 507 g/mol. The lowest BCUT2D eigenvalue weighted by molar-refractivity contribution is 0.122. The molecule has 0 unspecified atom stereocenters. The molecular formula is C24H20F3N7O2S. The molecule has 190 valence electrons. The fourth-order valence-corrected chi connectivity index (χ4v) is 4.88. The number of nitrogen functional groups attached to an aromatic ring is 1. The zero-order valence-corrected chi connectivity index (χ0v) is 20.0. The summed E-state index contributed by atoms with van der Waals surface area (Å²) in [6.07, 6.45) is 1.49. The summed E-state index contributed by atoms with van der Waals surface area (Å²) in [6, 6.07) is 7.92. The van der Waals surface area contributed by atoms with Crippen molar-refractivity contribution >= 4 is 39.8 Å². The molecule has 37 heavy (non-hydrogen) atoms. The van der Waals surface area contributed by atoms with Crippen LogP contribution in [-0.4, -0.2) is 47.3 Å². The first-order valence-electron chi connectivity index (χ1n) is 11.1. The smallest absolute Gasteiger partial charge is 0.323 e. The van der Waals surface area contributed by atoms with E-state index in [-0.39, 0.29) is 22.9 Å². The number of hydrogen-bond donors (Lipinski definition) is 3. The van der Waals surface area contributed by atoms with Crippen molar-refractivity contribution in [2.75, 3.05) is 47.6 Å². The number of hydrogen-bond acceptors (Lipinski definition) is 8. The van der Waals surface area contributed by atoms with Gasteiger partial charge < -0.3 is 26.0 Å². The van der Waals surface area contributed by atoms with Crippen LogP contribution in [0.2, 0.25) is 0 Å². The molecule has 0 aliphatic carbocycles. The summed E-state index contributed by atoms with van der Waals surface area (Å²) in [6.45, 7) is 2.34. The third-order valence-electron chi connectivity index (χ3n) is 5.49. The highest BCUT2D eigenvalue weighted by Gasteiger charge is 2.24. The predicted octanol–water partition coefficient (Wildman–Crippen LogP) is 4.75. The summed E-state index contributed by atoms with van der Waals surface area (Å²) in [5, 5.41) is 5.28. The number of nitrogens with zero attached hydrogens (tertiary/aromatic N) is 4. The van der Waals surface area contributed by atoms with E-state index in [4.69, 9.17) is 15.5 Å². The molecule has 4 N–H and O–H groups in total. The minimum absolute atomic E-state index is 0.0463. The van der Waals surface area contributed by atoms with E-state index in [0.29, 0.717) is 53.8 Å². The Morgan fingerprint density at radius 1 is 1.03 bits per heavy atom. The predicted molar refractivity (Wildman–Crippen MR) is 135 cm³/mol. The van der Waals surface area contributed by atoms with Gasteiger partial charge in [0.05, 0.1) is 35.2 Å². The van der Waals surface area contributed by atoms with Crippen molar-refractivity contribution in [3.8, 4) is 21.8 Å². The third-order valence-corrected chi connectivity index (χ3v) is 6.63. The zero-order valence-electron chi connectivity index (χ0n) is 19.2. The maximum Gasteiger partial charge on any atom is 0.323 e. The highest BCUT2D eigenvalue weighted by atomic mass is 32.1. The molecule has 0 radical (unpaired) electrons. The van der Waals surface area contributed by atoms with Gasteiger partial charge in [-0.2, -0.15) is 0 Å². The largest absolute Gasteiger partial charge is 0.378 e. The number of urea groups is 1. The van der Waals surface area contributed by atoms with E-state index in [1.165, 1.54) is 23.6 Å². The quantitative estimate of drug-likeness (QED) is 0.343. The number of halogens is 3. The molecule has 1 fully saturated rings. The molecule has 2 aromatic carbocycles. The first kappa shape index (κ1) is 24.5. The van der Waals surface area contributed by atoms with Crippen molar-refractivity contribution in [2.45, 2.75) is 0 Å². The Morgan fingerprint density at radius 3 is 2.57 bits per heavy atom. The Bertz CT molecular complexity index is 1460. The first-order chi connectivity index (χ1) is 17.9. The zero-order chi connectivity index (χ0) is 25.9. The molecule has 0 spiro atoms. The van der Waals surface area contributed by atoms with Crippen molar-refractivity contribution in [2.24, 2.45) is 0 Å². The number of ether oxygens (including phenoxy) is 1. The van der Waals surface area contributed by atoms with E-state index < -0.39 is 23.5 Å². The average Bonchev–Trinajstić information content (AvgIpc) is 3.33. The van der Waals surface area contributed by atoms with Gasteiger partial charge >= 0.3 is 6.03 Å². The maximum atomic E-state index is 15.7. The minimum Gasteiger partial charge on any atom is -0.378 e. The van der Waals surface area contributed by atoms with Gasteiger partial charge in [0.15, 0.2) is 10.9 Å². The molecule has 5 rings (SSSR count). The number of morpholine rings is 1. The van der Waals surface area contributed by atoms with Crippen LogP contribution >= 0.6 is 11.3 Å². The standard InChI is InChI=1S/C24H20F3N7O2S/c25-13-4-5-16(15(26)12-13)31-23(35)32-17-3-1-2-14(19(17)27)21-20(18-6-7-29-22(28)30-18)33-24(37-21)34-8-10-36-11-9-34/h1-7,12H,8-11H2,(H2,28,29,30)(H2,31,32,35). The van der Waals surface area contributed by atoms with Gasteiger partial charge in [0.25, 0.3) is 0 Å². The first-order valence-corrected chi connectivity index (χ1v) is 11.9. The van der Waals surface area contributed by atoms with Crippen LogP contribution in [0.4, 0.5) is 40.4 Å². The Kier molecular flexibility index (Phi) is 6.88. The molecule has 0 bridgehead atoms. The average molecular weight is 528 g/mol. The number of benzene rings is 2. The van der Waals surface area contributed by atoms with Gasteiger partial charge in [-0.1, -0.05) is 23.5 Å². The molecule has 0 atom stereocenters. The van der Waals surface area contributed by atoms with Crippen LogP contribution in [0.15, 0.2) is 48.7 Å². The van der Waals surface area contributed by atoms with E-state index in [1.807, 2.05) is 4.90 Å². The van der Waals surface area contributed by atoms with Gasteiger partial charge in [-0.05, 0) is 24.3 Å². The molecule has 2 aromatic heterocycles. The van der Waals surface area contributed by atoms with Crippen LogP contribution in [0.25, 0.3) is 21.8 Å². The molecule has 0 saturated carbocycles. The highest BCUT2D eigenvalue weighted by molar-refractivity contribution is 7.19. The summed E-state index contributed by atoms with van der Waals surface area (Å²) in [4.78, 5) is 27.9. The van der Waals surface area contributed by atoms with Crippen molar-refractivity contribution < 1.29 is 22.7 Å². The van der Waals surface area contributed by atoms with Gasteiger partial charge in [0.1, 0.15) is 17.3 Å². The molecule has 1 aliphatic rings. The molecule has 4 aromatic rings. The lowest BCUT2D eigenvalue weighted by Gasteiger charge is -2.26. The van der Waals surface area contributed by atoms with Crippen LogP contribution in [-0.2, 0) is 4.74 Å². The lowest BCUT2D eigenvalue weighted by Crippen LogP contribution is -2.36. The second-order valence-electron chi connectivity index (χ2n) is 7.94. The van der Waals surface area contributed by atoms with Gasteiger partial charge in [-0.15, -0.1) is 0 Å². The number of nitrogens with one attached hydrogen (secondary N) is 2. The molecule has 1 aliphatic heterocycles. The number of amides is 2. The van der Waals surface area contributed by atoms with Gasteiger partial charge in [0, 0.05) is 30.9 Å². The lowest BCUT2D eigenvalue weighted by atomic mass is 10.1. The van der Waals surface area contributed by atoms with Gasteiger partial charge in [0.2, 0.25) is 5.95 Å². The second-order valence-corrected chi connectivity index (χ2v) is 8.92.